The summed E-state index contributed by atoms with van der Waals surface area (Å²) in [5, 5.41) is 3.70. The lowest BCUT2D eigenvalue weighted by atomic mass is 9.72. The molecule has 1 saturated heterocycles. The molecule has 0 spiro atoms. The molecule has 1 heterocycles. The minimum Gasteiger partial charge on any atom is -0.310 e. The fourth-order valence-electron chi connectivity index (χ4n) is 2.36. The van der Waals surface area contributed by atoms with Gasteiger partial charge in [0.05, 0.1) is 0 Å². The van der Waals surface area contributed by atoms with Gasteiger partial charge in [0.2, 0.25) is 0 Å². The number of nitrogens with one attached hydrogen (secondary N) is 1. The van der Waals surface area contributed by atoms with Crippen LogP contribution in [0.5, 0.6) is 0 Å². The van der Waals surface area contributed by atoms with Crippen molar-refractivity contribution >= 4 is 0 Å². The largest absolute Gasteiger partial charge is 0.310 e. The van der Waals surface area contributed by atoms with Crippen LogP contribution in [0.4, 0.5) is 0 Å². The van der Waals surface area contributed by atoms with Crippen molar-refractivity contribution in [3.63, 3.8) is 0 Å². The summed E-state index contributed by atoms with van der Waals surface area (Å²) in [4.78, 5) is 2.30. The van der Waals surface area contributed by atoms with Crippen LogP contribution in [0.2, 0.25) is 0 Å². The van der Waals surface area contributed by atoms with E-state index in [1.807, 2.05) is 0 Å². The SMILES string of the molecule is CN(C)CC1(C(C)(C)C)CCCN1. The summed E-state index contributed by atoms with van der Waals surface area (Å²) in [6.07, 6.45) is 2.64. The first-order valence-electron chi connectivity index (χ1n) is 5.27. The van der Waals surface area contributed by atoms with E-state index >= 15 is 0 Å². The van der Waals surface area contributed by atoms with Crippen molar-refractivity contribution < 1.29 is 0 Å². The van der Waals surface area contributed by atoms with Crippen molar-refractivity contribution in [2.45, 2.75) is 39.2 Å². The maximum atomic E-state index is 3.70. The Kier molecular flexibility index (Phi) is 3.03. The first-order valence-corrected chi connectivity index (χ1v) is 5.27. The Hall–Kier alpha value is -0.0800. The molecule has 0 aromatic rings. The third-order valence-corrected chi connectivity index (χ3v) is 3.27. The van der Waals surface area contributed by atoms with Gasteiger partial charge in [-0.05, 0) is 38.9 Å². The highest BCUT2D eigenvalue weighted by atomic mass is 15.1. The molecule has 1 fully saturated rings. The van der Waals surface area contributed by atoms with E-state index < -0.39 is 0 Å². The Bertz CT molecular complexity index is 161. The molecule has 0 bridgehead atoms. The zero-order valence-electron chi connectivity index (χ0n) is 9.78. The molecule has 0 aliphatic carbocycles. The van der Waals surface area contributed by atoms with Crippen LogP contribution in [0.15, 0.2) is 0 Å². The third kappa shape index (κ3) is 2.23. The normalized spacial score (nSPS) is 30.0. The Balaban J connectivity index is 2.75. The quantitative estimate of drug-likeness (QED) is 0.703. The molecule has 0 aromatic carbocycles. The van der Waals surface area contributed by atoms with E-state index in [1.165, 1.54) is 19.4 Å². The van der Waals surface area contributed by atoms with Crippen LogP contribution in [-0.4, -0.2) is 37.6 Å². The molecule has 0 saturated carbocycles. The van der Waals surface area contributed by atoms with Gasteiger partial charge in [0.1, 0.15) is 0 Å². The van der Waals surface area contributed by atoms with E-state index in [0.717, 1.165) is 6.54 Å². The van der Waals surface area contributed by atoms with Crippen LogP contribution in [0.3, 0.4) is 0 Å². The average molecular weight is 184 g/mol. The maximum Gasteiger partial charge on any atom is 0.0357 e. The van der Waals surface area contributed by atoms with Crippen LogP contribution >= 0.6 is 0 Å². The Morgan fingerprint density at radius 2 is 1.92 bits per heavy atom. The van der Waals surface area contributed by atoms with Gasteiger partial charge >= 0.3 is 0 Å². The lowest BCUT2D eigenvalue weighted by molar-refractivity contribution is 0.119. The second-order valence-corrected chi connectivity index (χ2v) is 5.60. The van der Waals surface area contributed by atoms with E-state index in [-0.39, 0.29) is 0 Å². The molecule has 1 aliphatic rings. The fourth-order valence-corrected chi connectivity index (χ4v) is 2.36. The molecular formula is C11H24N2. The smallest absolute Gasteiger partial charge is 0.0357 e. The van der Waals surface area contributed by atoms with Gasteiger partial charge in [-0.15, -0.1) is 0 Å². The van der Waals surface area contributed by atoms with Crippen molar-refractivity contribution in [1.29, 1.82) is 0 Å². The average Bonchev–Trinajstić information content (AvgIpc) is 2.33. The lowest BCUT2D eigenvalue weighted by Gasteiger charge is -2.44. The number of hydrogen-bond acceptors (Lipinski definition) is 2. The molecule has 78 valence electrons. The van der Waals surface area contributed by atoms with Crippen molar-refractivity contribution in [3.8, 4) is 0 Å². The summed E-state index contributed by atoms with van der Waals surface area (Å²) in [5.74, 6) is 0. The van der Waals surface area contributed by atoms with Gasteiger partial charge in [0, 0.05) is 12.1 Å². The summed E-state index contributed by atoms with van der Waals surface area (Å²) in [7, 11) is 4.32. The van der Waals surface area contributed by atoms with Crippen molar-refractivity contribution in [3.05, 3.63) is 0 Å². The molecule has 1 N–H and O–H groups in total. The van der Waals surface area contributed by atoms with Gasteiger partial charge in [-0.1, -0.05) is 20.8 Å². The predicted octanol–water partition coefficient (Wildman–Crippen LogP) is 1.72. The molecule has 1 atom stereocenters. The van der Waals surface area contributed by atoms with Crippen molar-refractivity contribution in [1.82, 2.24) is 10.2 Å². The van der Waals surface area contributed by atoms with Crippen LogP contribution in [-0.2, 0) is 0 Å². The summed E-state index contributed by atoms with van der Waals surface area (Å²) in [6, 6.07) is 0. The predicted molar refractivity (Wildman–Crippen MR) is 58.0 cm³/mol. The van der Waals surface area contributed by atoms with Gasteiger partial charge < -0.3 is 10.2 Å². The van der Waals surface area contributed by atoms with E-state index in [4.69, 9.17) is 0 Å². The summed E-state index contributed by atoms with van der Waals surface area (Å²) < 4.78 is 0. The summed E-state index contributed by atoms with van der Waals surface area (Å²) in [6.45, 7) is 9.36. The Morgan fingerprint density at radius 1 is 1.31 bits per heavy atom. The second-order valence-electron chi connectivity index (χ2n) is 5.60. The Morgan fingerprint density at radius 3 is 2.23 bits per heavy atom. The first-order chi connectivity index (χ1) is 5.87. The van der Waals surface area contributed by atoms with Crippen LogP contribution in [0.1, 0.15) is 33.6 Å². The zero-order chi connectivity index (χ0) is 10.1. The summed E-state index contributed by atoms with van der Waals surface area (Å²) in [5.41, 5.74) is 0.685. The second kappa shape index (κ2) is 3.58. The number of rotatable bonds is 2. The summed E-state index contributed by atoms with van der Waals surface area (Å²) >= 11 is 0. The molecule has 0 amide bonds. The number of hydrogen-bond donors (Lipinski definition) is 1. The molecule has 0 radical (unpaired) electrons. The van der Waals surface area contributed by atoms with Gasteiger partial charge in [-0.2, -0.15) is 0 Å². The Labute approximate surface area is 82.7 Å². The fraction of sp³-hybridized carbons (Fsp3) is 1.00. The van der Waals surface area contributed by atoms with Crippen LogP contribution in [0.25, 0.3) is 0 Å². The van der Waals surface area contributed by atoms with Gasteiger partial charge in [-0.25, -0.2) is 0 Å². The lowest BCUT2D eigenvalue weighted by Crippen LogP contribution is -2.56. The minimum atomic E-state index is 0.330. The third-order valence-electron chi connectivity index (χ3n) is 3.27. The van der Waals surface area contributed by atoms with E-state index in [0.29, 0.717) is 11.0 Å². The van der Waals surface area contributed by atoms with Crippen LogP contribution in [0, 0.1) is 5.41 Å². The molecule has 0 aromatic heterocycles. The topological polar surface area (TPSA) is 15.3 Å². The van der Waals surface area contributed by atoms with Crippen LogP contribution < -0.4 is 5.32 Å². The molecule has 2 nitrogen and oxygen atoms in total. The van der Waals surface area contributed by atoms with Gasteiger partial charge in [-0.3, -0.25) is 0 Å². The first kappa shape index (κ1) is 11.0. The monoisotopic (exact) mass is 184 g/mol. The van der Waals surface area contributed by atoms with Crippen molar-refractivity contribution in [2.75, 3.05) is 27.2 Å². The van der Waals surface area contributed by atoms with E-state index in [2.05, 4.69) is 45.1 Å². The maximum absolute atomic E-state index is 3.70. The highest BCUT2D eigenvalue weighted by molar-refractivity contribution is 5.03. The van der Waals surface area contributed by atoms with Gasteiger partial charge in [0.25, 0.3) is 0 Å². The van der Waals surface area contributed by atoms with Crippen molar-refractivity contribution in [2.24, 2.45) is 5.41 Å². The molecule has 2 heteroatoms. The number of likely N-dealkylation sites (N-methyl/N-ethyl adjacent to an activating group) is 1. The molecule has 1 aliphatic heterocycles. The van der Waals surface area contributed by atoms with E-state index in [9.17, 15) is 0 Å². The molecular weight excluding hydrogens is 160 g/mol. The molecule has 1 unspecified atom stereocenters. The highest BCUT2D eigenvalue weighted by Crippen LogP contribution is 2.37. The highest BCUT2D eigenvalue weighted by Gasteiger charge is 2.43. The van der Waals surface area contributed by atoms with E-state index in [1.54, 1.807) is 0 Å². The zero-order valence-corrected chi connectivity index (χ0v) is 9.78. The molecule has 13 heavy (non-hydrogen) atoms. The van der Waals surface area contributed by atoms with Gasteiger partial charge in [0.15, 0.2) is 0 Å². The minimum absolute atomic E-state index is 0.330. The standard InChI is InChI=1S/C11H24N2/c1-10(2,3)11(9-13(4)5)7-6-8-12-11/h12H,6-9H2,1-5H3. The number of nitrogens with zero attached hydrogens (tertiary/aromatic N) is 1. The molecule has 1 rings (SSSR count).